The third-order valence-electron chi connectivity index (χ3n) is 2.98. The summed E-state index contributed by atoms with van der Waals surface area (Å²) in [5.41, 5.74) is 2.25. The number of rotatable bonds is 7. The Morgan fingerprint density at radius 2 is 2.15 bits per heavy atom. The normalized spacial score (nSPS) is 9.90. The first-order chi connectivity index (χ1) is 9.52. The molecule has 0 aliphatic carbocycles. The van der Waals surface area contributed by atoms with Gasteiger partial charge in [-0.25, -0.2) is 0 Å². The van der Waals surface area contributed by atoms with Crippen LogP contribution in [0.25, 0.3) is 0 Å². The average molecular weight is 274 g/mol. The van der Waals surface area contributed by atoms with Gasteiger partial charge in [0.2, 0.25) is 11.8 Å². The maximum atomic E-state index is 11.8. The van der Waals surface area contributed by atoms with E-state index in [0.29, 0.717) is 26.1 Å². The van der Waals surface area contributed by atoms with E-state index in [9.17, 15) is 9.59 Å². The molecule has 0 radical (unpaired) electrons. The zero-order chi connectivity index (χ0) is 15.0. The first kappa shape index (κ1) is 16.0. The molecule has 0 spiro atoms. The number of nitrogens with zero attached hydrogens (tertiary/aromatic N) is 1. The van der Waals surface area contributed by atoms with Crippen molar-refractivity contribution in [3.05, 3.63) is 48.0 Å². The van der Waals surface area contributed by atoms with Gasteiger partial charge in [-0.3, -0.25) is 9.59 Å². The number of carbonyl (C=O) groups excluding carboxylic acids is 2. The lowest BCUT2D eigenvalue weighted by molar-refractivity contribution is -0.129. The molecule has 0 aliphatic rings. The number of aryl methyl sites for hydroxylation is 1. The zero-order valence-electron chi connectivity index (χ0n) is 12.2. The van der Waals surface area contributed by atoms with Gasteiger partial charge in [-0.1, -0.05) is 35.9 Å². The first-order valence-corrected chi connectivity index (χ1v) is 6.71. The summed E-state index contributed by atoms with van der Waals surface area (Å²) in [6.45, 7) is 8.52. The van der Waals surface area contributed by atoms with E-state index in [0.717, 1.165) is 5.56 Å². The minimum absolute atomic E-state index is 0.0450. The van der Waals surface area contributed by atoms with E-state index in [1.54, 1.807) is 11.0 Å². The third-order valence-corrected chi connectivity index (χ3v) is 2.98. The molecule has 0 atom stereocenters. The standard InChI is InChI=1S/C16H22N2O2/c1-4-9-18(14(3)19)10-8-16(20)17-12-15-7-5-6-13(2)11-15/h4-7,11H,1,8-10,12H2,2-3H3,(H,17,20). The smallest absolute Gasteiger partial charge is 0.222 e. The highest BCUT2D eigenvalue weighted by atomic mass is 16.2. The van der Waals surface area contributed by atoms with Crippen molar-refractivity contribution in [3.8, 4) is 0 Å². The molecular formula is C16H22N2O2. The Labute approximate surface area is 120 Å². The Morgan fingerprint density at radius 1 is 1.40 bits per heavy atom. The summed E-state index contributed by atoms with van der Waals surface area (Å²) in [7, 11) is 0. The Kier molecular flexibility index (Phi) is 6.50. The van der Waals surface area contributed by atoms with Gasteiger partial charge in [0.25, 0.3) is 0 Å². The lowest BCUT2D eigenvalue weighted by atomic mass is 10.1. The van der Waals surface area contributed by atoms with Crippen LogP contribution in [0.15, 0.2) is 36.9 Å². The van der Waals surface area contributed by atoms with E-state index in [4.69, 9.17) is 0 Å². The van der Waals surface area contributed by atoms with E-state index >= 15 is 0 Å². The first-order valence-electron chi connectivity index (χ1n) is 6.71. The van der Waals surface area contributed by atoms with Crippen LogP contribution in [0.4, 0.5) is 0 Å². The molecule has 1 N–H and O–H groups in total. The second-order valence-corrected chi connectivity index (χ2v) is 4.77. The summed E-state index contributed by atoms with van der Waals surface area (Å²) < 4.78 is 0. The quantitative estimate of drug-likeness (QED) is 0.773. The van der Waals surface area contributed by atoms with Crippen molar-refractivity contribution < 1.29 is 9.59 Å². The number of benzene rings is 1. The van der Waals surface area contributed by atoms with Crippen molar-refractivity contribution in [2.24, 2.45) is 0 Å². The summed E-state index contributed by atoms with van der Waals surface area (Å²) >= 11 is 0. The van der Waals surface area contributed by atoms with E-state index in [-0.39, 0.29) is 11.8 Å². The van der Waals surface area contributed by atoms with Crippen LogP contribution < -0.4 is 5.32 Å². The largest absolute Gasteiger partial charge is 0.352 e. The second-order valence-electron chi connectivity index (χ2n) is 4.77. The molecule has 108 valence electrons. The van der Waals surface area contributed by atoms with Crippen LogP contribution in [0.3, 0.4) is 0 Å². The lowest BCUT2D eigenvalue weighted by Crippen LogP contribution is -2.33. The van der Waals surface area contributed by atoms with Crippen LogP contribution in [-0.2, 0) is 16.1 Å². The highest BCUT2D eigenvalue weighted by molar-refractivity contribution is 5.78. The van der Waals surface area contributed by atoms with Crippen LogP contribution in [0.5, 0.6) is 0 Å². The van der Waals surface area contributed by atoms with Crippen molar-refractivity contribution in [2.75, 3.05) is 13.1 Å². The molecule has 0 saturated carbocycles. The molecule has 1 rings (SSSR count). The number of hydrogen-bond donors (Lipinski definition) is 1. The van der Waals surface area contributed by atoms with Crippen LogP contribution in [0.2, 0.25) is 0 Å². The summed E-state index contributed by atoms with van der Waals surface area (Å²) in [6.07, 6.45) is 1.96. The fourth-order valence-electron chi connectivity index (χ4n) is 1.88. The maximum Gasteiger partial charge on any atom is 0.222 e. The molecule has 4 heteroatoms. The molecule has 2 amide bonds. The van der Waals surface area contributed by atoms with Gasteiger partial charge in [-0.2, -0.15) is 0 Å². The third kappa shape index (κ3) is 5.69. The topological polar surface area (TPSA) is 49.4 Å². The van der Waals surface area contributed by atoms with Gasteiger partial charge in [0.15, 0.2) is 0 Å². The van der Waals surface area contributed by atoms with Gasteiger partial charge in [0, 0.05) is 33.0 Å². The van der Waals surface area contributed by atoms with Gasteiger partial charge in [0.1, 0.15) is 0 Å². The SMILES string of the molecule is C=CCN(CCC(=O)NCc1cccc(C)c1)C(C)=O. The van der Waals surface area contributed by atoms with Gasteiger partial charge in [-0.05, 0) is 12.5 Å². The molecule has 0 heterocycles. The molecule has 1 aromatic carbocycles. The molecule has 0 aromatic heterocycles. The van der Waals surface area contributed by atoms with Crippen LogP contribution >= 0.6 is 0 Å². The van der Waals surface area contributed by atoms with Crippen molar-refractivity contribution in [2.45, 2.75) is 26.8 Å². The van der Waals surface area contributed by atoms with Crippen molar-refractivity contribution in [1.82, 2.24) is 10.2 Å². The number of hydrogen-bond acceptors (Lipinski definition) is 2. The monoisotopic (exact) mass is 274 g/mol. The van der Waals surface area contributed by atoms with Gasteiger partial charge in [-0.15, -0.1) is 6.58 Å². The molecule has 0 saturated heterocycles. The van der Waals surface area contributed by atoms with Crippen molar-refractivity contribution in [3.63, 3.8) is 0 Å². The second kappa shape index (κ2) is 8.15. The minimum atomic E-state index is -0.0539. The number of carbonyl (C=O) groups is 2. The van der Waals surface area contributed by atoms with Crippen LogP contribution in [0, 0.1) is 6.92 Å². The maximum absolute atomic E-state index is 11.8. The Morgan fingerprint density at radius 3 is 2.75 bits per heavy atom. The molecule has 0 bridgehead atoms. The molecule has 4 nitrogen and oxygen atoms in total. The molecular weight excluding hydrogens is 252 g/mol. The lowest BCUT2D eigenvalue weighted by Gasteiger charge is -2.18. The molecule has 20 heavy (non-hydrogen) atoms. The van der Waals surface area contributed by atoms with Crippen molar-refractivity contribution in [1.29, 1.82) is 0 Å². The predicted molar refractivity (Wildman–Crippen MR) is 80.1 cm³/mol. The summed E-state index contributed by atoms with van der Waals surface area (Å²) in [6, 6.07) is 8.01. The molecule has 0 aliphatic heterocycles. The van der Waals surface area contributed by atoms with E-state index in [1.165, 1.54) is 12.5 Å². The Balaban J connectivity index is 2.36. The van der Waals surface area contributed by atoms with Gasteiger partial charge in [0.05, 0.1) is 0 Å². The molecule has 1 aromatic rings. The number of amides is 2. The van der Waals surface area contributed by atoms with Gasteiger partial charge >= 0.3 is 0 Å². The minimum Gasteiger partial charge on any atom is -0.352 e. The predicted octanol–water partition coefficient (Wildman–Crippen LogP) is 2.04. The van der Waals surface area contributed by atoms with Gasteiger partial charge < -0.3 is 10.2 Å². The Hall–Kier alpha value is -2.10. The Bertz CT molecular complexity index is 483. The van der Waals surface area contributed by atoms with Crippen molar-refractivity contribution >= 4 is 11.8 Å². The van der Waals surface area contributed by atoms with Crippen LogP contribution in [0.1, 0.15) is 24.5 Å². The average Bonchev–Trinajstić information content (AvgIpc) is 2.41. The highest BCUT2D eigenvalue weighted by Gasteiger charge is 2.09. The fraction of sp³-hybridized carbons (Fsp3) is 0.375. The summed E-state index contributed by atoms with van der Waals surface area (Å²) in [5.74, 6) is -0.0989. The molecule has 0 fully saturated rings. The summed E-state index contributed by atoms with van der Waals surface area (Å²) in [4.78, 5) is 24.7. The number of nitrogens with one attached hydrogen (secondary N) is 1. The fourth-order valence-corrected chi connectivity index (χ4v) is 1.88. The summed E-state index contributed by atoms with van der Waals surface area (Å²) in [5, 5.41) is 2.86. The van der Waals surface area contributed by atoms with E-state index in [1.807, 2.05) is 31.2 Å². The van der Waals surface area contributed by atoms with E-state index < -0.39 is 0 Å². The van der Waals surface area contributed by atoms with E-state index in [2.05, 4.69) is 11.9 Å². The zero-order valence-corrected chi connectivity index (χ0v) is 12.2. The highest BCUT2D eigenvalue weighted by Crippen LogP contribution is 2.03. The van der Waals surface area contributed by atoms with Crippen LogP contribution in [-0.4, -0.2) is 29.8 Å². The molecule has 0 unspecified atom stereocenters.